The van der Waals surface area contributed by atoms with E-state index < -0.39 is 17.3 Å². The number of hydrogen-bond donors (Lipinski definition) is 0. The number of alkyl halides is 3. The highest BCUT2D eigenvalue weighted by Gasteiger charge is 2.33. The fraction of sp³-hybridized carbons (Fsp3) is 0.133. The molecule has 108 valence electrons. The van der Waals surface area contributed by atoms with Crippen LogP contribution in [0.4, 0.5) is 13.2 Å². The summed E-state index contributed by atoms with van der Waals surface area (Å²) in [7, 11) is 0. The Morgan fingerprint density at radius 1 is 1.14 bits per heavy atom. The minimum Gasteiger partial charge on any atom is -0.457 e. The second kappa shape index (κ2) is 5.66. The van der Waals surface area contributed by atoms with Crippen molar-refractivity contribution in [2.24, 2.45) is 0 Å². The largest absolute Gasteiger partial charge is 0.457 e. The molecule has 2 rings (SSSR count). The van der Waals surface area contributed by atoms with Crippen LogP contribution in [0.5, 0.6) is 11.5 Å². The molecule has 0 atom stereocenters. The molecule has 0 aliphatic rings. The molecule has 0 aromatic heterocycles. The molecule has 2 aromatic rings. The molecule has 0 N–H and O–H groups in total. The van der Waals surface area contributed by atoms with Crippen LogP contribution in [0.3, 0.4) is 0 Å². The van der Waals surface area contributed by atoms with Crippen molar-refractivity contribution >= 4 is 11.6 Å². The van der Waals surface area contributed by atoms with Crippen molar-refractivity contribution in [3.8, 4) is 17.6 Å². The van der Waals surface area contributed by atoms with E-state index in [0.717, 1.165) is 17.7 Å². The summed E-state index contributed by atoms with van der Waals surface area (Å²) in [5.41, 5.74) is -0.697. The lowest BCUT2D eigenvalue weighted by Gasteiger charge is -2.12. The highest BCUT2D eigenvalue weighted by atomic mass is 35.5. The molecule has 0 heterocycles. The highest BCUT2D eigenvalue weighted by Crippen LogP contribution is 2.35. The average Bonchev–Trinajstić information content (AvgIpc) is 2.41. The fourth-order valence-electron chi connectivity index (χ4n) is 1.74. The third kappa shape index (κ3) is 3.47. The molecule has 0 unspecified atom stereocenters. The molecule has 0 aliphatic carbocycles. The summed E-state index contributed by atoms with van der Waals surface area (Å²) < 4.78 is 43.6. The lowest BCUT2D eigenvalue weighted by atomic mass is 10.1. The Hall–Kier alpha value is -2.19. The van der Waals surface area contributed by atoms with Crippen LogP contribution in [0, 0.1) is 18.3 Å². The molecule has 0 bridgehead atoms. The van der Waals surface area contributed by atoms with E-state index in [4.69, 9.17) is 21.6 Å². The Bertz CT molecular complexity index is 720. The Kier molecular flexibility index (Phi) is 4.10. The first-order chi connectivity index (χ1) is 9.81. The fourth-order valence-corrected chi connectivity index (χ4v) is 1.90. The number of rotatable bonds is 2. The van der Waals surface area contributed by atoms with Gasteiger partial charge in [-0.05, 0) is 42.8 Å². The molecule has 0 radical (unpaired) electrons. The third-order valence-electron chi connectivity index (χ3n) is 2.79. The zero-order chi connectivity index (χ0) is 15.6. The van der Waals surface area contributed by atoms with Crippen molar-refractivity contribution in [1.29, 1.82) is 5.26 Å². The van der Waals surface area contributed by atoms with Gasteiger partial charge < -0.3 is 4.74 Å². The summed E-state index contributed by atoms with van der Waals surface area (Å²) in [6, 6.07) is 9.55. The first kappa shape index (κ1) is 15.2. The topological polar surface area (TPSA) is 33.0 Å². The number of nitriles is 1. The van der Waals surface area contributed by atoms with Gasteiger partial charge in [0, 0.05) is 5.02 Å². The van der Waals surface area contributed by atoms with Crippen LogP contribution < -0.4 is 4.74 Å². The monoisotopic (exact) mass is 311 g/mol. The second-order valence-electron chi connectivity index (χ2n) is 4.33. The SMILES string of the molecule is Cc1ccc(Cl)cc1Oc1ccc(C(F)(F)F)c(C#N)c1. The summed E-state index contributed by atoms with van der Waals surface area (Å²) in [6.45, 7) is 1.78. The van der Waals surface area contributed by atoms with Crippen LogP contribution in [0.15, 0.2) is 36.4 Å². The van der Waals surface area contributed by atoms with E-state index in [1.165, 1.54) is 12.1 Å². The van der Waals surface area contributed by atoms with Gasteiger partial charge in [-0.1, -0.05) is 17.7 Å². The van der Waals surface area contributed by atoms with Gasteiger partial charge >= 0.3 is 6.18 Å². The van der Waals surface area contributed by atoms with Crippen LogP contribution in [0.25, 0.3) is 0 Å². The normalized spacial score (nSPS) is 11.0. The van der Waals surface area contributed by atoms with Crippen LogP contribution in [0.1, 0.15) is 16.7 Å². The summed E-state index contributed by atoms with van der Waals surface area (Å²) >= 11 is 5.85. The van der Waals surface area contributed by atoms with Gasteiger partial charge in [-0.2, -0.15) is 18.4 Å². The molecule has 0 spiro atoms. The minimum absolute atomic E-state index is 0.143. The van der Waals surface area contributed by atoms with Crippen molar-refractivity contribution in [3.63, 3.8) is 0 Å². The van der Waals surface area contributed by atoms with Gasteiger partial charge in [0.1, 0.15) is 11.5 Å². The summed E-state index contributed by atoms with van der Waals surface area (Å²) in [5.74, 6) is 0.566. The Labute approximate surface area is 124 Å². The zero-order valence-electron chi connectivity index (χ0n) is 10.8. The minimum atomic E-state index is -4.57. The van der Waals surface area contributed by atoms with Gasteiger partial charge in [0.25, 0.3) is 0 Å². The molecule has 0 amide bonds. The molecule has 0 aliphatic heterocycles. The number of halogens is 4. The van der Waals surface area contributed by atoms with E-state index in [9.17, 15) is 13.2 Å². The van der Waals surface area contributed by atoms with E-state index in [-0.39, 0.29) is 5.75 Å². The van der Waals surface area contributed by atoms with Gasteiger partial charge in [-0.3, -0.25) is 0 Å². The van der Waals surface area contributed by atoms with E-state index in [1.807, 2.05) is 0 Å². The summed E-state index contributed by atoms with van der Waals surface area (Å²) in [4.78, 5) is 0. The lowest BCUT2D eigenvalue weighted by molar-refractivity contribution is -0.137. The molecule has 0 fully saturated rings. The summed E-state index contributed by atoms with van der Waals surface area (Å²) in [5, 5.41) is 9.29. The Morgan fingerprint density at radius 3 is 2.48 bits per heavy atom. The van der Waals surface area contributed by atoms with Crippen LogP contribution in [0.2, 0.25) is 5.02 Å². The van der Waals surface area contributed by atoms with Crippen LogP contribution in [-0.4, -0.2) is 0 Å². The first-order valence-electron chi connectivity index (χ1n) is 5.86. The number of ether oxygens (including phenoxy) is 1. The third-order valence-corrected chi connectivity index (χ3v) is 3.03. The maximum absolute atomic E-state index is 12.7. The molecule has 0 saturated heterocycles. The van der Waals surface area contributed by atoms with Crippen LogP contribution in [-0.2, 0) is 6.18 Å². The maximum Gasteiger partial charge on any atom is 0.417 e. The molecule has 2 aromatic carbocycles. The highest BCUT2D eigenvalue weighted by molar-refractivity contribution is 6.30. The lowest BCUT2D eigenvalue weighted by Crippen LogP contribution is -2.07. The smallest absolute Gasteiger partial charge is 0.417 e. The second-order valence-corrected chi connectivity index (χ2v) is 4.77. The van der Waals surface area contributed by atoms with Crippen molar-refractivity contribution in [3.05, 3.63) is 58.1 Å². The molecular formula is C15H9ClF3NO. The standard InChI is InChI=1S/C15H9ClF3NO/c1-9-2-3-11(16)7-14(9)21-12-4-5-13(15(17,18)19)10(6-12)8-20/h2-7H,1H3. The van der Waals surface area contributed by atoms with Gasteiger partial charge in [0.05, 0.1) is 17.2 Å². The maximum atomic E-state index is 12.7. The first-order valence-corrected chi connectivity index (χ1v) is 6.24. The van der Waals surface area contributed by atoms with Gasteiger partial charge in [0.2, 0.25) is 0 Å². The summed E-state index contributed by atoms with van der Waals surface area (Å²) in [6.07, 6.45) is -4.57. The number of nitrogens with zero attached hydrogens (tertiary/aromatic N) is 1. The molecule has 21 heavy (non-hydrogen) atoms. The van der Waals surface area contributed by atoms with Crippen LogP contribution >= 0.6 is 11.6 Å². The quantitative estimate of drug-likeness (QED) is 0.751. The number of benzene rings is 2. The van der Waals surface area contributed by atoms with Crippen molar-refractivity contribution in [1.82, 2.24) is 0 Å². The van der Waals surface area contributed by atoms with E-state index in [0.29, 0.717) is 10.8 Å². The van der Waals surface area contributed by atoms with E-state index >= 15 is 0 Å². The molecule has 2 nitrogen and oxygen atoms in total. The number of aryl methyl sites for hydroxylation is 1. The Balaban J connectivity index is 2.39. The average molecular weight is 312 g/mol. The van der Waals surface area contributed by atoms with E-state index in [2.05, 4.69) is 0 Å². The molecule has 6 heteroatoms. The van der Waals surface area contributed by atoms with Gasteiger partial charge in [-0.15, -0.1) is 0 Å². The predicted molar refractivity (Wildman–Crippen MR) is 72.4 cm³/mol. The van der Waals surface area contributed by atoms with Gasteiger partial charge in [-0.25, -0.2) is 0 Å². The Morgan fingerprint density at radius 2 is 1.86 bits per heavy atom. The molecule has 0 saturated carbocycles. The zero-order valence-corrected chi connectivity index (χ0v) is 11.6. The van der Waals surface area contributed by atoms with Gasteiger partial charge in [0.15, 0.2) is 0 Å². The van der Waals surface area contributed by atoms with E-state index in [1.54, 1.807) is 25.1 Å². The molecular weight excluding hydrogens is 303 g/mol. The number of hydrogen-bond acceptors (Lipinski definition) is 2. The van der Waals surface area contributed by atoms with Crippen molar-refractivity contribution in [2.75, 3.05) is 0 Å². The predicted octanol–water partition coefficient (Wildman–Crippen LogP) is 5.33. The van der Waals surface area contributed by atoms with Crippen molar-refractivity contribution < 1.29 is 17.9 Å². The van der Waals surface area contributed by atoms with Crippen molar-refractivity contribution in [2.45, 2.75) is 13.1 Å².